The summed E-state index contributed by atoms with van der Waals surface area (Å²) in [7, 11) is 0. The number of hydrogen-bond acceptors (Lipinski definition) is 3. The minimum atomic E-state index is -0.252. The van der Waals surface area contributed by atoms with Gasteiger partial charge >= 0.3 is 0 Å². The zero-order valence-corrected chi connectivity index (χ0v) is 10.6. The second kappa shape index (κ2) is 5.40. The lowest BCUT2D eigenvalue weighted by atomic mass is 10.1. The highest BCUT2D eigenvalue weighted by Crippen LogP contribution is 2.25. The highest BCUT2D eigenvalue weighted by Gasteiger charge is 2.05. The monoisotopic (exact) mass is 255 g/mol. The van der Waals surface area contributed by atoms with Crippen molar-refractivity contribution in [3.8, 4) is 6.07 Å². The summed E-state index contributed by atoms with van der Waals surface area (Å²) in [6, 6.07) is 12.3. The van der Waals surface area contributed by atoms with Crippen molar-refractivity contribution >= 4 is 17.1 Å². The molecule has 3 N–H and O–H groups in total. The van der Waals surface area contributed by atoms with Gasteiger partial charge in [-0.2, -0.15) is 5.26 Å². The van der Waals surface area contributed by atoms with Crippen LogP contribution in [-0.2, 0) is 6.42 Å². The van der Waals surface area contributed by atoms with E-state index in [-0.39, 0.29) is 12.2 Å². The molecule has 0 atom stereocenters. The lowest BCUT2D eigenvalue weighted by Crippen LogP contribution is -1.98. The van der Waals surface area contributed by atoms with Crippen LogP contribution < -0.4 is 11.1 Å². The normalized spacial score (nSPS) is 9.95. The van der Waals surface area contributed by atoms with Gasteiger partial charge in [-0.25, -0.2) is 4.39 Å². The number of hydrogen-bond donors (Lipinski definition) is 2. The summed E-state index contributed by atoms with van der Waals surface area (Å²) in [5.41, 5.74) is 9.18. The van der Waals surface area contributed by atoms with E-state index in [1.807, 2.05) is 6.07 Å². The second-order valence-electron chi connectivity index (χ2n) is 4.29. The predicted molar refractivity (Wildman–Crippen MR) is 74.6 cm³/mol. The van der Waals surface area contributed by atoms with Crippen molar-refractivity contribution in [2.45, 2.75) is 13.3 Å². The van der Waals surface area contributed by atoms with Crippen LogP contribution >= 0.6 is 0 Å². The van der Waals surface area contributed by atoms with Crippen molar-refractivity contribution in [1.29, 1.82) is 5.26 Å². The second-order valence-corrected chi connectivity index (χ2v) is 4.29. The largest absolute Gasteiger partial charge is 0.398 e. The average Bonchev–Trinajstić information content (AvgIpc) is 2.39. The molecule has 0 unspecified atom stereocenters. The molecule has 0 amide bonds. The highest BCUT2D eigenvalue weighted by molar-refractivity contribution is 5.66. The number of nitriles is 1. The van der Waals surface area contributed by atoms with Crippen LogP contribution in [0.2, 0.25) is 0 Å². The summed E-state index contributed by atoms with van der Waals surface area (Å²) in [6.07, 6.45) is 0.253. The SMILES string of the molecule is Cc1c(F)cccc1Nc1ccc(N)c(CC#N)c1. The van der Waals surface area contributed by atoms with Gasteiger partial charge in [-0.1, -0.05) is 6.07 Å². The third kappa shape index (κ3) is 2.83. The van der Waals surface area contributed by atoms with Gasteiger partial charge in [0, 0.05) is 22.6 Å². The molecule has 3 nitrogen and oxygen atoms in total. The topological polar surface area (TPSA) is 61.8 Å². The standard InChI is InChI=1S/C15H14FN3/c1-10-13(16)3-2-4-15(10)19-12-5-6-14(18)11(9-12)7-8-17/h2-6,9,19H,7,18H2,1H3. The number of halogens is 1. The molecule has 0 saturated heterocycles. The molecule has 0 radical (unpaired) electrons. The maximum Gasteiger partial charge on any atom is 0.128 e. The Morgan fingerprint density at radius 1 is 1.32 bits per heavy atom. The van der Waals surface area contributed by atoms with Crippen LogP contribution in [0.25, 0.3) is 0 Å². The molecular formula is C15H14FN3. The van der Waals surface area contributed by atoms with E-state index in [1.165, 1.54) is 6.07 Å². The number of nitrogens with two attached hydrogens (primary N) is 1. The first-order valence-corrected chi connectivity index (χ1v) is 5.89. The molecule has 0 aliphatic rings. The molecule has 0 aliphatic heterocycles. The van der Waals surface area contributed by atoms with Crippen molar-refractivity contribution in [2.24, 2.45) is 0 Å². The van der Waals surface area contributed by atoms with Crippen LogP contribution in [0, 0.1) is 24.1 Å². The molecule has 0 bridgehead atoms. The highest BCUT2D eigenvalue weighted by atomic mass is 19.1. The van der Waals surface area contributed by atoms with Crippen LogP contribution in [0.15, 0.2) is 36.4 Å². The van der Waals surface area contributed by atoms with E-state index in [1.54, 1.807) is 31.2 Å². The smallest absolute Gasteiger partial charge is 0.128 e. The van der Waals surface area contributed by atoms with Crippen molar-refractivity contribution in [2.75, 3.05) is 11.1 Å². The molecule has 0 heterocycles. The molecule has 2 rings (SSSR count). The number of nitrogens with zero attached hydrogens (tertiary/aromatic N) is 1. The third-order valence-corrected chi connectivity index (χ3v) is 2.96. The summed E-state index contributed by atoms with van der Waals surface area (Å²) in [5.74, 6) is -0.252. The fourth-order valence-corrected chi connectivity index (χ4v) is 1.82. The predicted octanol–water partition coefficient (Wildman–Crippen LogP) is 3.53. The van der Waals surface area contributed by atoms with Gasteiger partial charge in [0.1, 0.15) is 5.82 Å². The molecule has 0 spiro atoms. The van der Waals surface area contributed by atoms with Crippen LogP contribution in [0.3, 0.4) is 0 Å². The molecule has 19 heavy (non-hydrogen) atoms. The van der Waals surface area contributed by atoms with Crippen LogP contribution in [0.1, 0.15) is 11.1 Å². The lowest BCUT2D eigenvalue weighted by Gasteiger charge is -2.12. The van der Waals surface area contributed by atoms with E-state index >= 15 is 0 Å². The van der Waals surface area contributed by atoms with Gasteiger partial charge in [0.25, 0.3) is 0 Å². The quantitative estimate of drug-likeness (QED) is 0.825. The number of anilines is 3. The van der Waals surface area contributed by atoms with Gasteiger partial charge in [0.05, 0.1) is 12.5 Å². The maximum atomic E-state index is 13.4. The van der Waals surface area contributed by atoms with Gasteiger partial charge in [-0.05, 0) is 42.8 Å². The molecule has 96 valence electrons. The van der Waals surface area contributed by atoms with E-state index in [9.17, 15) is 4.39 Å². The fraction of sp³-hybridized carbons (Fsp3) is 0.133. The minimum absolute atomic E-state index is 0.252. The average molecular weight is 255 g/mol. The zero-order chi connectivity index (χ0) is 13.8. The van der Waals surface area contributed by atoms with E-state index < -0.39 is 0 Å². The molecular weight excluding hydrogens is 241 g/mol. The number of benzene rings is 2. The van der Waals surface area contributed by atoms with Gasteiger partial charge in [0.2, 0.25) is 0 Å². The number of nitrogens with one attached hydrogen (secondary N) is 1. The van der Waals surface area contributed by atoms with Gasteiger partial charge in [-0.3, -0.25) is 0 Å². The Bertz CT molecular complexity index is 644. The summed E-state index contributed by atoms with van der Waals surface area (Å²) in [4.78, 5) is 0. The Morgan fingerprint density at radius 2 is 2.11 bits per heavy atom. The van der Waals surface area contributed by atoms with Crippen molar-refractivity contribution < 1.29 is 4.39 Å². The van der Waals surface area contributed by atoms with Crippen molar-refractivity contribution in [1.82, 2.24) is 0 Å². The van der Waals surface area contributed by atoms with Crippen LogP contribution in [-0.4, -0.2) is 0 Å². The maximum absolute atomic E-state index is 13.4. The first-order chi connectivity index (χ1) is 9.11. The Balaban J connectivity index is 2.31. The molecule has 0 saturated carbocycles. The van der Waals surface area contributed by atoms with Crippen LogP contribution in [0.4, 0.5) is 21.5 Å². The summed E-state index contributed by atoms with van der Waals surface area (Å²) >= 11 is 0. The molecule has 2 aromatic carbocycles. The molecule has 4 heteroatoms. The number of nitrogen functional groups attached to an aromatic ring is 1. The Morgan fingerprint density at radius 3 is 2.84 bits per heavy atom. The van der Waals surface area contributed by atoms with Crippen LogP contribution in [0.5, 0.6) is 0 Å². The third-order valence-electron chi connectivity index (χ3n) is 2.96. The van der Waals surface area contributed by atoms with E-state index in [0.29, 0.717) is 16.9 Å². The lowest BCUT2D eigenvalue weighted by molar-refractivity contribution is 0.619. The van der Waals surface area contributed by atoms with E-state index in [0.717, 1.165) is 11.3 Å². The molecule has 2 aromatic rings. The first-order valence-electron chi connectivity index (χ1n) is 5.89. The van der Waals surface area contributed by atoms with Crippen molar-refractivity contribution in [3.63, 3.8) is 0 Å². The first kappa shape index (κ1) is 12.9. The van der Waals surface area contributed by atoms with E-state index in [4.69, 9.17) is 11.0 Å². The van der Waals surface area contributed by atoms with Gasteiger partial charge in [0.15, 0.2) is 0 Å². The number of rotatable bonds is 3. The fourth-order valence-electron chi connectivity index (χ4n) is 1.82. The summed E-state index contributed by atoms with van der Waals surface area (Å²) < 4.78 is 13.4. The zero-order valence-electron chi connectivity index (χ0n) is 10.6. The molecule has 0 aliphatic carbocycles. The minimum Gasteiger partial charge on any atom is -0.398 e. The van der Waals surface area contributed by atoms with Gasteiger partial charge < -0.3 is 11.1 Å². The van der Waals surface area contributed by atoms with E-state index in [2.05, 4.69) is 11.4 Å². The Kier molecular flexibility index (Phi) is 3.67. The molecule has 0 aromatic heterocycles. The summed E-state index contributed by atoms with van der Waals surface area (Å²) in [6.45, 7) is 1.71. The van der Waals surface area contributed by atoms with Gasteiger partial charge in [-0.15, -0.1) is 0 Å². The Labute approximate surface area is 111 Å². The molecule has 0 fully saturated rings. The summed E-state index contributed by atoms with van der Waals surface area (Å²) in [5, 5.41) is 11.9. The Hall–Kier alpha value is -2.54. The van der Waals surface area contributed by atoms with Crippen molar-refractivity contribution in [3.05, 3.63) is 53.3 Å².